The molecule has 1 amide bonds. The van der Waals surface area contributed by atoms with Crippen molar-refractivity contribution in [3.8, 4) is 0 Å². The number of aromatic nitrogens is 4. The standard InChI is InChI=1S/C18H26N6O/c1-12-6-13-8-19-21-17(13)15(7-12)18(25)23-4-5-24-16(11-23)14(9-20-24)10-22(2)3/h8-9,12,15H,4-7,10-11H2,1-3H3,(H,19,21). The number of carbonyl (C=O) groups is 1. The number of fused-ring (bicyclic) bond motifs is 2. The van der Waals surface area contributed by atoms with Gasteiger partial charge in [0, 0.05) is 18.7 Å². The monoisotopic (exact) mass is 342 g/mol. The van der Waals surface area contributed by atoms with Crippen molar-refractivity contribution >= 4 is 5.91 Å². The first-order valence-electron chi connectivity index (χ1n) is 9.02. The van der Waals surface area contributed by atoms with Crippen LogP contribution in [-0.2, 0) is 30.8 Å². The number of amides is 1. The van der Waals surface area contributed by atoms with Crippen LogP contribution >= 0.6 is 0 Å². The van der Waals surface area contributed by atoms with Crippen molar-refractivity contribution in [2.24, 2.45) is 5.92 Å². The highest BCUT2D eigenvalue weighted by molar-refractivity contribution is 5.84. The minimum Gasteiger partial charge on any atom is -0.334 e. The minimum atomic E-state index is -0.0898. The first kappa shape index (κ1) is 16.3. The molecule has 1 N–H and O–H groups in total. The van der Waals surface area contributed by atoms with E-state index >= 15 is 0 Å². The van der Waals surface area contributed by atoms with Crippen molar-refractivity contribution < 1.29 is 4.79 Å². The summed E-state index contributed by atoms with van der Waals surface area (Å²) in [5.74, 6) is 0.645. The first-order valence-corrected chi connectivity index (χ1v) is 9.02. The molecule has 0 bridgehead atoms. The van der Waals surface area contributed by atoms with E-state index in [9.17, 15) is 4.79 Å². The van der Waals surface area contributed by atoms with Crippen LogP contribution in [0.25, 0.3) is 0 Å². The molecule has 0 saturated heterocycles. The molecule has 0 aromatic carbocycles. The molecule has 0 saturated carbocycles. The molecule has 1 aliphatic carbocycles. The minimum absolute atomic E-state index is 0.0898. The Kier molecular flexibility index (Phi) is 4.11. The summed E-state index contributed by atoms with van der Waals surface area (Å²) in [6.07, 6.45) is 5.73. The van der Waals surface area contributed by atoms with Gasteiger partial charge in [-0.1, -0.05) is 6.92 Å². The number of hydrogen-bond acceptors (Lipinski definition) is 4. The summed E-state index contributed by atoms with van der Waals surface area (Å²) in [7, 11) is 4.11. The fourth-order valence-corrected chi connectivity index (χ4v) is 4.17. The van der Waals surface area contributed by atoms with Gasteiger partial charge in [-0.15, -0.1) is 0 Å². The van der Waals surface area contributed by atoms with Crippen LogP contribution in [0.1, 0.15) is 41.8 Å². The van der Waals surface area contributed by atoms with Crippen LogP contribution in [0.15, 0.2) is 12.4 Å². The number of nitrogens with one attached hydrogen (secondary N) is 1. The SMILES string of the molecule is CC1Cc2cn[nH]c2C(C(=O)N2CCn3ncc(CN(C)C)c3C2)C1. The van der Waals surface area contributed by atoms with E-state index in [4.69, 9.17) is 0 Å². The highest BCUT2D eigenvalue weighted by Crippen LogP contribution is 2.35. The second kappa shape index (κ2) is 6.29. The molecule has 2 unspecified atom stereocenters. The van der Waals surface area contributed by atoms with Gasteiger partial charge in [0.25, 0.3) is 0 Å². The molecule has 0 radical (unpaired) electrons. The molecule has 3 heterocycles. The summed E-state index contributed by atoms with van der Waals surface area (Å²) in [5, 5.41) is 11.7. The fraction of sp³-hybridized carbons (Fsp3) is 0.611. The molecule has 25 heavy (non-hydrogen) atoms. The molecule has 7 nitrogen and oxygen atoms in total. The van der Waals surface area contributed by atoms with E-state index in [0.717, 1.165) is 38.2 Å². The van der Waals surface area contributed by atoms with Gasteiger partial charge in [-0.3, -0.25) is 14.6 Å². The quantitative estimate of drug-likeness (QED) is 0.915. The first-order chi connectivity index (χ1) is 12.0. The smallest absolute Gasteiger partial charge is 0.232 e. The van der Waals surface area contributed by atoms with Crippen molar-refractivity contribution in [1.82, 2.24) is 29.8 Å². The lowest BCUT2D eigenvalue weighted by atomic mass is 9.80. The van der Waals surface area contributed by atoms with Crippen LogP contribution in [0.2, 0.25) is 0 Å². The maximum Gasteiger partial charge on any atom is 0.232 e. The lowest BCUT2D eigenvalue weighted by molar-refractivity contribution is -0.135. The van der Waals surface area contributed by atoms with Crippen molar-refractivity contribution in [2.75, 3.05) is 20.6 Å². The third-order valence-electron chi connectivity index (χ3n) is 5.36. The normalized spacial score (nSPS) is 22.8. The predicted molar refractivity (Wildman–Crippen MR) is 93.8 cm³/mol. The Morgan fingerprint density at radius 2 is 2.20 bits per heavy atom. The lowest BCUT2D eigenvalue weighted by Crippen LogP contribution is -2.42. The van der Waals surface area contributed by atoms with E-state index in [-0.39, 0.29) is 11.8 Å². The van der Waals surface area contributed by atoms with E-state index in [2.05, 4.69) is 41.2 Å². The summed E-state index contributed by atoms with van der Waals surface area (Å²) in [6.45, 7) is 5.21. The van der Waals surface area contributed by atoms with Gasteiger partial charge in [0.2, 0.25) is 5.91 Å². The molecule has 2 aliphatic rings. The van der Waals surface area contributed by atoms with Gasteiger partial charge in [0.05, 0.1) is 42.8 Å². The molecule has 2 aromatic heterocycles. The number of nitrogens with zero attached hydrogens (tertiary/aromatic N) is 5. The number of carbonyl (C=O) groups excluding carboxylic acids is 1. The van der Waals surface area contributed by atoms with Crippen molar-refractivity contribution in [1.29, 1.82) is 0 Å². The molecule has 1 aliphatic heterocycles. The highest BCUT2D eigenvalue weighted by Gasteiger charge is 2.35. The number of hydrogen-bond donors (Lipinski definition) is 1. The van der Waals surface area contributed by atoms with E-state index < -0.39 is 0 Å². The van der Waals surface area contributed by atoms with Crippen LogP contribution in [-0.4, -0.2) is 56.3 Å². The van der Waals surface area contributed by atoms with Crippen molar-refractivity contribution in [2.45, 2.75) is 45.3 Å². The van der Waals surface area contributed by atoms with E-state index in [1.54, 1.807) is 0 Å². The summed E-state index contributed by atoms with van der Waals surface area (Å²) < 4.78 is 2.05. The summed E-state index contributed by atoms with van der Waals surface area (Å²) in [6, 6.07) is 0. The fourth-order valence-electron chi connectivity index (χ4n) is 4.17. The second-order valence-electron chi connectivity index (χ2n) is 7.74. The maximum absolute atomic E-state index is 13.3. The summed E-state index contributed by atoms with van der Waals surface area (Å²) in [5.41, 5.74) is 4.60. The van der Waals surface area contributed by atoms with Crippen LogP contribution in [0.3, 0.4) is 0 Å². The average molecular weight is 342 g/mol. The zero-order valence-electron chi connectivity index (χ0n) is 15.2. The van der Waals surface area contributed by atoms with Gasteiger partial charge in [-0.2, -0.15) is 10.2 Å². The van der Waals surface area contributed by atoms with Gasteiger partial charge in [-0.25, -0.2) is 0 Å². The van der Waals surface area contributed by atoms with Gasteiger partial charge >= 0.3 is 0 Å². The third kappa shape index (κ3) is 2.97. The molecule has 4 rings (SSSR count). The van der Waals surface area contributed by atoms with Crippen molar-refractivity contribution in [3.63, 3.8) is 0 Å². The molecule has 2 atom stereocenters. The Morgan fingerprint density at radius 1 is 1.36 bits per heavy atom. The Balaban J connectivity index is 1.56. The largest absolute Gasteiger partial charge is 0.334 e. The topological polar surface area (TPSA) is 70.0 Å². The summed E-state index contributed by atoms with van der Waals surface area (Å²) in [4.78, 5) is 17.4. The number of H-pyrrole nitrogens is 1. The van der Waals surface area contributed by atoms with Crippen LogP contribution in [0, 0.1) is 5.92 Å². The molecular formula is C18H26N6O. The highest BCUT2D eigenvalue weighted by atomic mass is 16.2. The Bertz CT molecular complexity index is 776. The lowest BCUT2D eigenvalue weighted by Gasteiger charge is -2.34. The van der Waals surface area contributed by atoms with Crippen LogP contribution in [0.5, 0.6) is 0 Å². The predicted octanol–water partition coefficient (Wildman–Crippen LogP) is 1.38. The van der Waals surface area contributed by atoms with Crippen LogP contribution in [0.4, 0.5) is 0 Å². The molecular weight excluding hydrogens is 316 g/mol. The molecule has 7 heteroatoms. The molecule has 2 aromatic rings. The molecule has 0 fully saturated rings. The third-order valence-corrected chi connectivity index (χ3v) is 5.36. The van der Waals surface area contributed by atoms with Gasteiger partial charge < -0.3 is 9.80 Å². The molecule has 134 valence electrons. The zero-order chi connectivity index (χ0) is 17.6. The second-order valence-corrected chi connectivity index (χ2v) is 7.74. The maximum atomic E-state index is 13.3. The van der Waals surface area contributed by atoms with Crippen LogP contribution < -0.4 is 0 Å². The Labute approximate surface area is 148 Å². The number of rotatable bonds is 3. The van der Waals surface area contributed by atoms with E-state index in [1.807, 2.05) is 22.0 Å². The van der Waals surface area contributed by atoms with Gasteiger partial charge in [0.1, 0.15) is 0 Å². The van der Waals surface area contributed by atoms with Gasteiger partial charge in [0.15, 0.2) is 0 Å². The molecule has 0 spiro atoms. The van der Waals surface area contributed by atoms with Gasteiger partial charge in [-0.05, 0) is 38.4 Å². The summed E-state index contributed by atoms with van der Waals surface area (Å²) >= 11 is 0. The average Bonchev–Trinajstić information content (AvgIpc) is 3.19. The van der Waals surface area contributed by atoms with E-state index in [0.29, 0.717) is 12.5 Å². The van der Waals surface area contributed by atoms with Crippen molar-refractivity contribution in [3.05, 3.63) is 34.9 Å². The van der Waals surface area contributed by atoms with E-state index in [1.165, 1.54) is 16.8 Å². The Morgan fingerprint density at radius 3 is 3.00 bits per heavy atom. The zero-order valence-corrected chi connectivity index (χ0v) is 15.2. The number of aromatic amines is 1. The Hall–Kier alpha value is -2.15.